The first-order chi connectivity index (χ1) is 22.1. The summed E-state index contributed by atoms with van der Waals surface area (Å²) in [6.07, 6.45) is 0. The Balaban J connectivity index is 1.10. The first-order valence-electron chi connectivity index (χ1n) is 13.9. The highest BCUT2D eigenvalue weighted by molar-refractivity contribution is 6.39. The predicted molar refractivity (Wildman–Crippen MR) is 172 cm³/mol. The molecule has 0 heterocycles. The molecule has 2 amide bonds. The largest absolute Gasteiger partial charge is 0.322 e. The molecule has 5 aromatic rings. The van der Waals surface area contributed by atoms with Gasteiger partial charge in [-0.05, 0) is 48.5 Å². The monoisotopic (exact) mass is 644 g/mol. The Kier molecular flexibility index (Phi) is 6.96. The van der Waals surface area contributed by atoms with Crippen molar-refractivity contribution >= 4 is 69.5 Å². The number of nitrogens with one attached hydrogen (secondary N) is 2. The number of carbonyl (C=O) groups is 6. The molecular weight excluding hydrogens is 627 g/mol. The number of benzene rings is 5. The molecule has 222 valence electrons. The van der Waals surface area contributed by atoms with Crippen LogP contribution in [-0.4, -0.2) is 34.9 Å². The Morgan fingerprint density at radius 3 is 1.07 bits per heavy atom. The summed E-state index contributed by atoms with van der Waals surface area (Å²) in [6.45, 7) is 0. The molecule has 0 spiro atoms. The molecule has 2 aliphatic rings. The molecule has 46 heavy (non-hydrogen) atoms. The molecule has 5 aromatic carbocycles. The Bertz CT molecular complexity index is 2100. The minimum atomic E-state index is -0.660. The molecule has 2 aliphatic carbocycles. The molecule has 0 unspecified atom stereocenters. The highest BCUT2D eigenvalue weighted by atomic mass is 35.5. The first-order valence-corrected chi connectivity index (χ1v) is 14.6. The van der Waals surface area contributed by atoms with Crippen molar-refractivity contribution in [1.82, 2.24) is 0 Å². The van der Waals surface area contributed by atoms with Crippen LogP contribution in [0.5, 0.6) is 0 Å². The predicted octanol–water partition coefficient (Wildman–Crippen LogP) is 7.05. The molecule has 0 fully saturated rings. The summed E-state index contributed by atoms with van der Waals surface area (Å²) < 4.78 is 0. The molecule has 0 bridgehead atoms. The van der Waals surface area contributed by atoms with Crippen LogP contribution < -0.4 is 10.6 Å². The number of rotatable bonds is 4. The van der Waals surface area contributed by atoms with E-state index in [1.54, 1.807) is 48.5 Å². The second-order valence-corrected chi connectivity index (χ2v) is 11.5. The van der Waals surface area contributed by atoms with Crippen molar-refractivity contribution in [2.75, 3.05) is 10.6 Å². The van der Waals surface area contributed by atoms with Crippen molar-refractivity contribution < 1.29 is 28.8 Å². The summed E-state index contributed by atoms with van der Waals surface area (Å²) in [6, 6.07) is 24.4. The highest BCUT2D eigenvalue weighted by Gasteiger charge is 2.31. The van der Waals surface area contributed by atoms with Gasteiger partial charge in [-0.1, -0.05) is 71.7 Å². The number of anilines is 2. The van der Waals surface area contributed by atoms with E-state index in [0.717, 1.165) is 0 Å². The van der Waals surface area contributed by atoms with Gasteiger partial charge in [-0.15, -0.1) is 0 Å². The molecule has 0 radical (unpaired) electrons. The minimum Gasteiger partial charge on any atom is -0.322 e. The van der Waals surface area contributed by atoms with E-state index in [9.17, 15) is 28.8 Å². The van der Waals surface area contributed by atoms with Crippen LogP contribution in [-0.2, 0) is 0 Å². The molecule has 0 atom stereocenters. The summed E-state index contributed by atoms with van der Waals surface area (Å²) in [5.74, 6) is -2.56. The van der Waals surface area contributed by atoms with Gasteiger partial charge < -0.3 is 10.6 Å². The fourth-order valence-electron chi connectivity index (χ4n) is 5.65. The molecule has 8 nitrogen and oxygen atoms in total. The molecule has 2 N–H and O–H groups in total. The van der Waals surface area contributed by atoms with E-state index in [1.165, 1.54) is 48.5 Å². The van der Waals surface area contributed by atoms with E-state index in [0.29, 0.717) is 11.1 Å². The van der Waals surface area contributed by atoms with Gasteiger partial charge in [-0.25, -0.2) is 0 Å². The maximum absolute atomic E-state index is 13.2. The van der Waals surface area contributed by atoms with Crippen LogP contribution in [0.2, 0.25) is 10.0 Å². The smallest absolute Gasteiger partial charge is 0.257 e. The highest BCUT2D eigenvalue weighted by Crippen LogP contribution is 2.32. The number of carbonyl (C=O) groups excluding carboxylic acids is 6. The molecule has 10 heteroatoms. The maximum Gasteiger partial charge on any atom is 0.257 e. The van der Waals surface area contributed by atoms with E-state index in [-0.39, 0.29) is 89.1 Å². The zero-order chi connectivity index (χ0) is 32.3. The zero-order valence-corrected chi connectivity index (χ0v) is 25.0. The van der Waals surface area contributed by atoms with Crippen LogP contribution in [0.25, 0.3) is 0 Å². The second kappa shape index (κ2) is 11.0. The van der Waals surface area contributed by atoms with Gasteiger partial charge in [-0.3, -0.25) is 28.8 Å². The van der Waals surface area contributed by atoms with Gasteiger partial charge in [0.1, 0.15) is 0 Å². The van der Waals surface area contributed by atoms with Crippen LogP contribution in [0.15, 0.2) is 97.1 Å². The third kappa shape index (κ3) is 4.72. The van der Waals surface area contributed by atoms with Crippen molar-refractivity contribution in [3.63, 3.8) is 0 Å². The third-order valence-corrected chi connectivity index (χ3v) is 8.54. The van der Waals surface area contributed by atoms with E-state index >= 15 is 0 Å². The average molecular weight is 645 g/mol. The van der Waals surface area contributed by atoms with Gasteiger partial charge in [0.15, 0.2) is 23.1 Å². The molecule has 0 saturated carbocycles. The summed E-state index contributed by atoms with van der Waals surface area (Å²) >= 11 is 12.8. The van der Waals surface area contributed by atoms with Gasteiger partial charge in [0.05, 0.1) is 21.2 Å². The van der Waals surface area contributed by atoms with Gasteiger partial charge in [-0.2, -0.15) is 0 Å². The number of hydrogen-bond acceptors (Lipinski definition) is 6. The number of fused-ring (bicyclic) bond motifs is 4. The molecular formula is C36H18Cl2N2O6. The normalized spacial score (nSPS) is 12.9. The van der Waals surface area contributed by atoms with Crippen LogP contribution in [0.4, 0.5) is 11.4 Å². The van der Waals surface area contributed by atoms with E-state index in [2.05, 4.69) is 10.6 Å². The fraction of sp³-hybridized carbons (Fsp3) is 0. The van der Waals surface area contributed by atoms with E-state index < -0.39 is 11.8 Å². The Labute approximate surface area is 271 Å². The van der Waals surface area contributed by atoms with Crippen LogP contribution in [0, 0.1) is 0 Å². The SMILES string of the molecule is O=C(Nc1ccc2c(c1)C(=O)c1ccccc1C2=O)c1cc(Cl)c(C(=O)Nc2ccc3c(c2)C(=O)c2ccccc2C3=O)cc1Cl. The first kappa shape index (κ1) is 29.0. The van der Waals surface area contributed by atoms with Gasteiger partial charge in [0.25, 0.3) is 11.8 Å². The lowest BCUT2D eigenvalue weighted by molar-refractivity contribution is 0.0979. The zero-order valence-electron chi connectivity index (χ0n) is 23.4. The van der Waals surface area contributed by atoms with Crippen LogP contribution in [0.1, 0.15) is 84.4 Å². The second-order valence-electron chi connectivity index (χ2n) is 10.6. The number of amides is 2. The van der Waals surface area contributed by atoms with Crippen molar-refractivity contribution in [2.45, 2.75) is 0 Å². The van der Waals surface area contributed by atoms with Gasteiger partial charge in [0.2, 0.25) is 0 Å². The fourth-order valence-corrected chi connectivity index (χ4v) is 6.14. The lowest BCUT2D eigenvalue weighted by Crippen LogP contribution is -2.22. The van der Waals surface area contributed by atoms with Crippen molar-refractivity contribution in [3.8, 4) is 0 Å². The minimum absolute atomic E-state index is 0.0368. The number of ketones is 4. The molecule has 7 rings (SSSR count). The lowest BCUT2D eigenvalue weighted by atomic mass is 9.84. The Hall–Kier alpha value is -5.70. The number of hydrogen-bond donors (Lipinski definition) is 2. The molecule has 0 saturated heterocycles. The van der Waals surface area contributed by atoms with Crippen LogP contribution >= 0.6 is 23.2 Å². The maximum atomic E-state index is 13.2. The van der Waals surface area contributed by atoms with Gasteiger partial charge >= 0.3 is 0 Å². The topological polar surface area (TPSA) is 126 Å². The van der Waals surface area contributed by atoms with Crippen LogP contribution in [0.3, 0.4) is 0 Å². The third-order valence-electron chi connectivity index (χ3n) is 7.91. The average Bonchev–Trinajstić information content (AvgIpc) is 3.06. The lowest BCUT2D eigenvalue weighted by Gasteiger charge is -2.18. The summed E-state index contributed by atoms with van der Waals surface area (Å²) in [7, 11) is 0. The molecule has 0 aromatic heterocycles. The van der Waals surface area contributed by atoms with Crippen molar-refractivity contribution in [1.29, 1.82) is 0 Å². The number of halogens is 2. The van der Waals surface area contributed by atoms with E-state index in [4.69, 9.17) is 23.2 Å². The Morgan fingerprint density at radius 1 is 0.413 bits per heavy atom. The van der Waals surface area contributed by atoms with Crippen molar-refractivity contribution in [2.24, 2.45) is 0 Å². The van der Waals surface area contributed by atoms with Crippen molar-refractivity contribution in [3.05, 3.63) is 163 Å². The standard InChI is InChI=1S/C36H18Cl2N2O6/c37-29-16-28(36(46)40-18-10-12-24-26(14-18)34(44)22-8-4-2-6-20(22)32(24)42)30(38)15-27(29)35(45)39-17-9-11-23-25(13-17)33(43)21-7-3-1-5-19(21)31(23)41/h1-16H,(H,39,45)(H,40,46). The van der Waals surface area contributed by atoms with E-state index in [1.807, 2.05) is 0 Å². The quantitative estimate of drug-likeness (QED) is 0.211. The summed E-state index contributed by atoms with van der Waals surface area (Å²) in [5, 5.41) is 5.17. The van der Waals surface area contributed by atoms with Gasteiger partial charge in [0, 0.05) is 55.9 Å². The molecule has 0 aliphatic heterocycles. The summed E-state index contributed by atoms with van der Waals surface area (Å²) in [5.41, 5.74) is 2.44. The summed E-state index contributed by atoms with van der Waals surface area (Å²) in [4.78, 5) is 78.3. The Morgan fingerprint density at radius 2 is 0.717 bits per heavy atom.